The molecule has 2 unspecified atom stereocenters. The minimum Gasteiger partial charge on any atom is -0.378 e. The lowest BCUT2D eigenvalue weighted by atomic mass is 10.0. The number of carbonyl (C=O) groups is 1. The van der Waals surface area contributed by atoms with Crippen LogP contribution in [0.25, 0.3) is 0 Å². The summed E-state index contributed by atoms with van der Waals surface area (Å²) in [6, 6.07) is 7.98. The Morgan fingerprint density at radius 3 is 2.47 bits per heavy atom. The maximum atomic E-state index is 13.1. The molecule has 0 aliphatic carbocycles. The number of hydrogen-bond acceptors (Lipinski definition) is 6. The van der Waals surface area contributed by atoms with Crippen LogP contribution in [0.2, 0.25) is 0 Å². The molecule has 8 heteroatoms. The van der Waals surface area contributed by atoms with Gasteiger partial charge in [-0.3, -0.25) is 4.79 Å². The lowest BCUT2D eigenvalue weighted by Crippen LogP contribution is -2.44. The van der Waals surface area contributed by atoms with E-state index in [0.29, 0.717) is 13.0 Å². The molecule has 2 fully saturated rings. The van der Waals surface area contributed by atoms with Crippen molar-refractivity contribution in [2.75, 3.05) is 38.7 Å². The van der Waals surface area contributed by atoms with Gasteiger partial charge in [0.15, 0.2) is 5.05 Å². The Kier molecular flexibility index (Phi) is 8.30. The molecule has 3 rings (SSSR count). The Bertz CT molecular complexity index is 838. The SMILES string of the molecule is CN(C)c1ccc(C2CCCCCN2C(=O)COC(C2CCCCN2)=S(=O)=O)cc1. The van der Waals surface area contributed by atoms with Crippen molar-refractivity contribution in [3.05, 3.63) is 29.8 Å². The van der Waals surface area contributed by atoms with Gasteiger partial charge in [-0.05, 0) is 49.9 Å². The lowest BCUT2D eigenvalue weighted by molar-refractivity contribution is -0.136. The quantitative estimate of drug-likeness (QED) is 0.716. The first-order valence-corrected chi connectivity index (χ1v) is 11.9. The van der Waals surface area contributed by atoms with E-state index in [4.69, 9.17) is 4.74 Å². The first-order chi connectivity index (χ1) is 14.5. The largest absolute Gasteiger partial charge is 0.378 e. The van der Waals surface area contributed by atoms with Crippen molar-refractivity contribution >= 4 is 26.9 Å². The lowest BCUT2D eigenvalue weighted by Gasteiger charge is -2.31. The summed E-state index contributed by atoms with van der Waals surface area (Å²) in [7, 11) is 1.53. The van der Waals surface area contributed by atoms with Gasteiger partial charge >= 0.3 is 0 Å². The highest BCUT2D eigenvalue weighted by Gasteiger charge is 2.28. The van der Waals surface area contributed by atoms with Crippen molar-refractivity contribution in [2.45, 2.75) is 57.0 Å². The van der Waals surface area contributed by atoms with E-state index in [0.717, 1.165) is 56.3 Å². The Balaban J connectivity index is 1.71. The van der Waals surface area contributed by atoms with Crippen molar-refractivity contribution in [2.24, 2.45) is 0 Å². The Morgan fingerprint density at radius 2 is 1.83 bits per heavy atom. The van der Waals surface area contributed by atoms with E-state index in [9.17, 15) is 13.2 Å². The van der Waals surface area contributed by atoms with E-state index >= 15 is 0 Å². The number of amides is 1. The third-order valence-corrected chi connectivity index (χ3v) is 6.70. The highest BCUT2D eigenvalue weighted by molar-refractivity contribution is 7.72. The maximum absolute atomic E-state index is 13.1. The first kappa shape index (κ1) is 22.8. The van der Waals surface area contributed by atoms with Gasteiger partial charge in [0.25, 0.3) is 0 Å². The van der Waals surface area contributed by atoms with E-state index < -0.39 is 10.3 Å². The summed E-state index contributed by atoms with van der Waals surface area (Å²) in [5, 5.41) is 3.14. The van der Waals surface area contributed by atoms with Gasteiger partial charge in [-0.1, -0.05) is 31.4 Å². The number of ether oxygens (including phenoxy) is 1. The molecule has 2 atom stereocenters. The molecule has 2 aliphatic heterocycles. The Hall–Kier alpha value is -1.90. The molecular weight excluding hydrogens is 402 g/mol. The first-order valence-electron chi connectivity index (χ1n) is 10.9. The van der Waals surface area contributed by atoms with Crippen LogP contribution in [0.3, 0.4) is 0 Å². The van der Waals surface area contributed by atoms with Gasteiger partial charge in [0.2, 0.25) is 16.2 Å². The normalized spacial score (nSPS) is 22.3. The highest BCUT2D eigenvalue weighted by Crippen LogP contribution is 2.31. The van der Waals surface area contributed by atoms with Gasteiger partial charge in [0, 0.05) is 26.3 Å². The monoisotopic (exact) mass is 435 g/mol. The molecule has 7 nitrogen and oxygen atoms in total. The van der Waals surface area contributed by atoms with E-state index in [1.54, 1.807) is 0 Å². The molecule has 2 saturated heterocycles. The van der Waals surface area contributed by atoms with Gasteiger partial charge < -0.3 is 19.9 Å². The molecule has 2 heterocycles. The summed E-state index contributed by atoms with van der Waals surface area (Å²) < 4.78 is 28.9. The van der Waals surface area contributed by atoms with Crippen molar-refractivity contribution < 1.29 is 17.9 Å². The van der Waals surface area contributed by atoms with Crippen molar-refractivity contribution in [3.63, 3.8) is 0 Å². The number of likely N-dealkylation sites (tertiary alicyclic amines) is 1. The fourth-order valence-corrected chi connectivity index (χ4v) is 4.87. The number of rotatable bonds is 5. The molecule has 1 aromatic rings. The zero-order valence-corrected chi connectivity index (χ0v) is 18.8. The van der Waals surface area contributed by atoms with Gasteiger partial charge in [0.05, 0.1) is 12.1 Å². The zero-order chi connectivity index (χ0) is 21.5. The second-order valence-corrected chi connectivity index (χ2v) is 9.15. The van der Waals surface area contributed by atoms with Crippen LogP contribution in [-0.4, -0.2) is 64.1 Å². The minimum atomic E-state index is -2.47. The van der Waals surface area contributed by atoms with Gasteiger partial charge in [-0.25, -0.2) is 0 Å². The number of piperidine rings is 1. The molecule has 30 heavy (non-hydrogen) atoms. The third-order valence-electron chi connectivity index (χ3n) is 5.96. The molecule has 2 aliphatic rings. The molecule has 1 aromatic carbocycles. The highest BCUT2D eigenvalue weighted by atomic mass is 32.2. The number of benzene rings is 1. The van der Waals surface area contributed by atoms with Crippen molar-refractivity contribution in [3.8, 4) is 0 Å². The summed E-state index contributed by atoms with van der Waals surface area (Å²) in [6.45, 7) is 1.19. The molecule has 0 aromatic heterocycles. The summed E-state index contributed by atoms with van der Waals surface area (Å²) in [6.07, 6.45) is 6.70. The van der Waals surface area contributed by atoms with Crippen LogP contribution < -0.4 is 10.2 Å². The second-order valence-electron chi connectivity index (χ2n) is 8.28. The van der Waals surface area contributed by atoms with Crippen LogP contribution in [0.15, 0.2) is 24.3 Å². The summed E-state index contributed by atoms with van der Waals surface area (Å²) >= 11 is 0. The summed E-state index contributed by atoms with van der Waals surface area (Å²) in [5.74, 6) is -0.155. The maximum Gasteiger partial charge on any atom is 0.249 e. The van der Waals surface area contributed by atoms with E-state index in [2.05, 4.69) is 29.6 Å². The number of carbonyl (C=O) groups excluding carboxylic acids is 1. The molecule has 1 amide bonds. The second kappa shape index (κ2) is 10.9. The molecule has 0 radical (unpaired) electrons. The number of nitrogens with zero attached hydrogens (tertiary/aromatic N) is 2. The van der Waals surface area contributed by atoms with Crippen LogP contribution in [0, 0.1) is 0 Å². The molecule has 0 bridgehead atoms. The smallest absolute Gasteiger partial charge is 0.249 e. The average Bonchev–Trinajstić information content (AvgIpc) is 3.00. The average molecular weight is 436 g/mol. The van der Waals surface area contributed by atoms with E-state index in [1.807, 2.05) is 23.9 Å². The molecule has 0 saturated carbocycles. The van der Waals surface area contributed by atoms with Crippen molar-refractivity contribution in [1.29, 1.82) is 0 Å². The topological polar surface area (TPSA) is 79.0 Å². The van der Waals surface area contributed by atoms with Crippen LogP contribution in [-0.2, 0) is 19.8 Å². The van der Waals surface area contributed by atoms with Crippen LogP contribution >= 0.6 is 0 Å². The van der Waals surface area contributed by atoms with Crippen LogP contribution in [0.4, 0.5) is 5.69 Å². The third kappa shape index (κ3) is 5.83. The minimum absolute atomic E-state index is 0.00573. The fraction of sp³-hybridized carbons (Fsp3) is 0.636. The molecule has 1 N–H and O–H groups in total. The van der Waals surface area contributed by atoms with Gasteiger partial charge in [-0.15, -0.1) is 0 Å². The predicted octanol–water partition coefficient (Wildman–Crippen LogP) is 2.36. The zero-order valence-electron chi connectivity index (χ0n) is 18.0. The fourth-order valence-electron chi connectivity index (χ4n) is 4.28. The summed E-state index contributed by atoms with van der Waals surface area (Å²) in [4.78, 5) is 17.0. The van der Waals surface area contributed by atoms with Crippen LogP contribution in [0.1, 0.15) is 56.6 Å². The summed E-state index contributed by atoms with van der Waals surface area (Å²) in [5.41, 5.74) is 2.23. The molecule has 0 spiro atoms. The molecule has 166 valence electrons. The van der Waals surface area contributed by atoms with E-state index in [1.165, 1.54) is 0 Å². The van der Waals surface area contributed by atoms with Crippen LogP contribution in [0.5, 0.6) is 0 Å². The van der Waals surface area contributed by atoms with Crippen molar-refractivity contribution in [1.82, 2.24) is 10.2 Å². The van der Waals surface area contributed by atoms with Gasteiger partial charge in [-0.2, -0.15) is 8.42 Å². The number of nitrogens with one attached hydrogen (secondary N) is 1. The predicted molar refractivity (Wildman–Crippen MR) is 119 cm³/mol. The number of anilines is 1. The Labute approximate surface area is 180 Å². The Morgan fingerprint density at radius 1 is 1.10 bits per heavy atom. The van der Waals surface area contributed by atoms with E-state index in [-0.39, 0.29) is 29.6 Å². The van der Waals surface area contributed by atoms with Gasteiger partial charge in [0.1, 0.15) is 6.61 Å². The standard InChI is InChI=1S/C22H33N3O4S/c1-24(2)18-12-10-17(11-13-18)20-9-4-3-7-15-25(20)21(26)16-29-22(30(27)28)19-8-5-6-14-23-19/h10-13,19-20,23H,3-9,14-16H2,1-2H3. The number of hydrogen-bond donors (Lipinski definition) is 1. The molecular formula is C22H33N3O4S.